The van der Waals surface area contributed by atoms with Gasteiger partial charge in [0.05, 0.1) is 23.1 Å². The standard InChI is InChI=1S/C47H35N5/c1-4-14-32(15-5-1)37-20-12-22-39(30-37)46-50-45(51-47(52-46)40-23-13-21-38(31-40)33-16-6-2-7-17-33)36-28-26-35(27-29-36)44-43(34-18-8-3-9-19-34)48-41-24-10-11-25-42(41)49-44/h1-31,44-45,49H,(H,50,51,52). The molecule has 248 valence electrons. The van der Waals surface area contributed by atoms with E-state index in [2.05, 4.69) is 168 Å². The summed E-state index contributed by atoms with van der Waals surface area (Å²) in [5, 5.41) is 7.44. The summed E-state index contributed by atoms with van der Waals surface area (Å²) in [5.41, 5.74) is 12.8. The maximum atomic E-state index is 5.23. The highest BCUT2D eigenvalue weighted by molar-refractivity contribution is 6.13. The van der Waals surface area contributed by atoms with Crippen molar-refractivity contribution in [2.24, 2.45) is 15.0 Å². The predicted molar refractivity (Wildman–Crippen MR) is 215 cm³/mol. The van der Waals surface area contributed by atoms with Gasteiger partial charge in [-0.15, -0.1) is 0 Å². The van der Waals surface area contributed by atoms with E-state index in [-0.39, 0.29) is 12.2 Å². The first-order valence-corrected chi connectivity index (χ1v) is 17.6. The number of amidine groups is 2. The zero-order valence-corrected chi connectivity index (χ0v) is 28.4. The number of fused-ring (bicyclic) bond motifs is 1. The van der Waals surface area contributed by atoms with Gasteiger partial charge in [-0.25, -0.2) is 15.0 Å². The molecular weight excluding hydrogens is 635 g/mol. The average molecular weight is 670 g/mol. The molecule has 9 rings (SSSR count). The Hall–Kier alpha value is -6.85. The van der Waals surface area contributed by atoms with Gasteiger partial charge in [-0.3, -0.25) is 0 Å². The van der Waals surface area contributed by atoms with Crippen molar-refractivity contribution in [1.29, 1.82) is 0 Å². The number of hydrogen-bond acceptors (Lipinski definition) is 5. The summed E-state index contributed by atoms with van der Waals surface area (Å²) < 4.78 is 0. The number of hydrogen-bond donors (Lipinski definition) is 2. The fourth-order valence-corrected chi connectivity index (χ4v) is 6.90. The summed E-state index contributed by atoms with van der Waals surface area (Å²) in [6.07, 6.45) is -0.348. The molecule has 0 bridgehead atoms. The zero-order chi connectivity index (χ0) is 34.7. The van der Waals surface area contributed by atoms with Crippen molar-refractivity contribution in [3.05, 3.63) is 216 Å². The normalized spacial score (nSPS) is 16.3. The second-order valence-electron chi connectivity index (χ2n) is 13.0. The van der Waals surface area contributed by atoms with Gasteiger partial charge in [-0.2, -0.15) is 0 Å². The molecule has 5 heteroatoms. The Labute approximate surface area is 303 Å². The van der Waals surface area contributed by atoms with E-state index in [0.29, 0.717) is 5.84 Å². The van der Waals surface area contributed by atoms with E-state index < -0.39 is 0 Å². The van der Waals surface area contributed by atoms with Gasteiger partial charge in [-0.05, 0) is 63.2 Å². The van der Waals surface area contributed by atoms with Gasteiger partial charge in [0.15, 0.2) is 5.84 Å². The van der Waals surface area contributed by atoms with E-state index in [1.165, 1.54) is 0 Å². The van der Waals surface area contributed by atoms with E-state index in [4.69, 9.17) is 15.0 Å². The van der Waals surface area contributed by atoms with Crippen LogP contribution >= 0.6 is 0 Å². The van der Waals surface area contributed by atoms with Crippen LogP contribution in [0, 0.1) is 0 Å². The lowest BCUT2D eigenvalue weighted by Gasteiger charge is -2.28. The molecule has 5 nitrogen and oxygen atoms in total. The minimum absolute atomic E-state index is 0.108. The molecule has 2 unspecified atom stereocenters. The number of rotatable bonds is 7. The van der Waals surface area contributed by atoms with Gasteiger partial charge in [0.1, 0.15) is 12.0 Å². The van der Waals surface area contributed by atoms with Gasteiger partial charge in [0.25, 0.3) is 0 Å². The van der Waals surface area contributed by atoms with E-state index >= 15 is 0 Å². The first kappa shape index (κ1) is 31.2. The van der Waals surface area contributed by atoms with Crippen molar-refractivity contribution in [3.63, 3.8) is 0 Å². The molecule has 2 atom stereocenters. The Morgan fingerprint density at radius 1 is 0.385 bits per heavy atom. The highest BCUT2D eigenvalue weighted by Gasteiger charge is 2.27. The first-order valence-electron chi connectivity index (χ1n) is 17.6. The monoisotopic (exact) mass is 669 g/mol. The van der Waals surface area contributed by atoms with Gasteiger partial charge in [0.2, 0.25) is 0 Å². The zero-order valence-electron chi connectivity index (χ0n) is 28.4. The van der Waals surface area contributed by atoms with Gasteiger partial charge in [0, 0.05) is 11.1 Å². The van der Waals surface area contributed by atoms with Gasteiger partial charge < -0.3 is 10.6 Å². The first-order chi connectivity index (χ1) is 25.7. The molecule has 0 saturated carbocycles. The third-order valence-electron chi connectivity index (χ3n) is 9.59. The lowest BCUT2D eigenvalue weighted by molar-refractivity contribution is 0.674. The molecule has 2 heterocycles. The van der Waals surface area contributed by atoms with Gasteiger partial charge in [-0.1, -0.05) is 164 Å². The number of para-hydroxylation sites is 2. The summed E-state index contributed by atoms with van der Waals surface area (Å²) in [7, 11) is 0. The summed E-state index contributed by atoms with van der Waals surface area (Å²) in [6.45, 7) is 0. The molecule has 52 heavy (non-hydrogen) atoms. The SMILES string of the molecule is c1ccc(C2=Nc3ccccc3NC2c2ccc(C3N=C(c4cccc(-c5ccccc5)c4)N=C(c4cccc(-c5ccccc5)c4)N3)cc2)cc1. The highest BCUT2D eigenvalue weighted by atomic mass is 15.2. The average Bonchev–Trinajstić information content (AvgIpc) is 3.24. The van der Waals surface area contributed by atoms with E-state index in [9.17, 15) is 0 Å². The van der Waals surface area contributed by atoms with Crippen molar-refractivity contribution in [2.45, 2.75) is 12.2 Å². The van der Waals surface area contributed by atoms with Crippen LogP contribution in [0.1, 0.15) is 40.0 Å². The summed E-state index contributed by atoms with van der Waals surface area (Å²) in [4.78, 5) is 15.5. The number of benzene rings is 7. The quantitative estimate of drug-likeness (QED) is 0.177. The maximum Gasteiger partial charge on any atom is 0.159 e. The van der Waals surface area contributed by atoms with Crippen molar-refractivity contribution >= 4 is 28.8 Å². The smallest absolute Gasteiger partial charge is 0.159 e. The fraction of sp³-hybridized carbons (Fsp3) is 0.0426. The molecule has 7 aromatic rings. The Balaban J connectivity index is 1.09. The highest BCUT2D eigenvalue weighted by Crippen LogP contribution is 2.37. The molecule has 0 radical (unpaired) electrons. The van der Waals surface area contributed by atoms with Crippen molar-refractivity contribution < 1.29 is 0 Å². The van der Waals surface area contributed by atoms with E-state index in [1.807, 2.05) is 30.3 Å². The number of anilines is 1. The summed E-state index contributed by atoms with van der Waals surface area (Å²) in [6, 6.07) is 65.1. The Bertz CT molecular complexity index is 2450. The Morgan fingerprint density at radius 3 is 1.58 bits per heavy atom. The molecule has 0 aromatic heterocycles. The van der Waals surface area contributed by atoms with Crippen molar-refractivity contribution in [3.8, 4) is 22.3 Å². The third kappa shape index (κ3) is 6.32. The van der Waals surface area contributed by atoms with Crippen LogP contribution in [0.15, 0.2) is 203 Å². The number of nitrogens with zero attached hydrogens (tertiary/aromatic N) is 3. The van der Waals surface area contributed by atoms with Crippen molar-refractivity contribution in [2.75, 3.05) is 5.32 Å². The minimum Gasteiger partial charge on any atom is -0.371 e. The summed E-state index contributed by atoms with van der Waals surface area (Å²) >= 11 is 0. The molecule has 7 aromatic carbocycles. The van der Waals surface area contributed by atoms with Crippen LogP contribution in [0.4, 0.5) is 11.4 Å². The molecule has 0 aliphatic carbocycles. The lowest BCUT2D eigenvalue weighted by atomic mass is 9.93. The molecule has 0 saturated heterocycles. The number of aliphatic imine (C=N–C) groups is 3. The molecule has 0 fully saturated rings. The predicted octanol–water partition coefficient (Wildman–Crippen LogP) is 10.8. The van der Waals surface area contributed by atoms with E-state index in [1.54, 1.807) is 0 Å². The third-order valence-corrected chi connectivity index (χ3v) is 9.59. The van der Waals surface area contributed by atoms with Crippen LogP contribution in [0.25, 0.3) is 22.3 Å². The fourth-order valence-electron chi connectivity index (χ4n) is 6.90. The second-order valence-corrected chi connectivity index (χ2v) is 13.0. The second kappa shape index (κ2) is 13.8. The topological polar surface area (TPSA) is 61.1 Å². The Morgan fingerprint density at radius 2 is 0.904 bits per heavy atom. The van der Waals surface area contributed by atoms with Crippen molar-refractivity contribution in [1.82, 2.24) is 5.32 Å². The molecule has 2 aliphatic rings. The lowest BCUT2D eigenvalue weighted by Crippen LogP contribution is -2.33. The van der Waals surface area contributed by atoms with Crippen LogP contribution in [0.2, 0.25) is 0 Å². The van der Waals surface area contributed by atoms with Crippen LogP contribution < -0.4 is 10.6 Å². The number of nitrogens with one attached hydrogen (secondary N) is 2. The van der Waals surface area contributed by atoms with Gasteiger partial charge >= 0.3 is 0 Å². The Kier molecular flexibility index (Phi) is 8.27. The summed E-state index contributed by atoms with van der Waals surface area (Å²) in [5.74, 6) is 1.47. The largest absolute Gasteiger partial charge is 0.371 e. The minimum atomic E-state index is -0.348. The molecule has 2 aliphatic heterocycles. The molecule has 0 spiro atoms. The molecular formula is C47H35N5. The molecule has 0 amide bonds. The van der Waals surface area contributed by atoms with Crippen LogP contribution in [-0.4, -0.2) is 17.4 Å². The molecule has 2 N–H and O–H groups in total. The van der Waals surface area contributed by atoms with Crippen LogP contribution in [0.3, 0.4) is 0 Å². The van der Waals surface area contributed by atoms with E-state index in [0.717, 1.165) is 73.0 Å². The van der Waals surface area contributed by atoms with Crippen LogP contribution in [0.5, 0.6) is 0 Å². The van der Waals surface area contributed by atoms with Crippen LogP contribution in [-0.2, 0) is 0 Å². The maximum absolute atomic E-state index is 5.23.